The average Bonchev–Trinajstić information content (AvgIpc) is 2.25. The summed E-state index contributed by atoms with van der Waals surface area (Å²) in [5.74, 6) is 0.0610. The summed E-state index contributed by atoms with van der Waals surface area (Å²) in [7, 11) is 4.21. The summed E-state index contributed by atoms with van der Waals surface area (Å²) in [5, 5.41) is 9.11. The van der Waals surface area contributed by atoms with Crippen molar-refractivity contribution in [2.45, 2.75) is 33.1 Å². The fourth-order valence-electron chi connectivity index (χ4n) is 2.73. The molecule has 106 valence electrons. The SMILES string of the molecule is CN1CCCC(CCN(C)CC(C)(C)C(=O)O)C1. The minimum Gasteiger partial charge on any atom is -0.481 e. The van der Waals surface area contributed by atoms with Gasteiger partial charge in [0, 0.05) is 13.1 Å². The Kier molecular flexibility index (Phi) is 5.60. The van der Waals surface area contributed by atoms with Crippen LogP contribution >= 0.6 is 0 Å². The zero-order valence-corrected chi connectivity index (χ0v) is 12.3. The van der Waals surface area contributed by atoms with Crippen LogP contribution in [0, 0.1) is 11.3 Å². The fourth-order valence-corrected chi connectivity index (χ4v) is 2.73. The van der Waals surface area contributed by atoms with Gasteiger partial charge in [-0.3, -0.25) is 4.79 Å². The van der Waals surface area contributed by atoms with E-state index >= 15 is 0 Å². The molecule has 4 nitrogen and oxygen atoms in total. The number of hydrogen-bond donors (Lipinski definition) is 1. The molecular formula is C14H28N2O2. The third kappa shape index (κ3) is 4.94. The highest BCUT2D eigenvalue weighted by Crippen LogP contribution is 2.20. The van der Waals surface area contributed by atoms with Crippen LogP contribution in [0.1, 0.15) is 33.1 Å². The zero-order chi connectivity index (χ0) is 13.8. The number of rotatable bonds is 6. The number of likely N-dealkylation sites (tertiary alicyclic amines) is 1. The predicted octanol–water partition coefficient (Wildman–Crippen LogP) is 1.76. The van der Waals surface area contributed by atoms with E-state index in [9.17, 15) is 4.79 Å². The van der Waals surface area contributed by atoms with Gasteiger partial charge in [-0.25, -0.2) is 0 Å². The van der Waals surface area contributed by atoms with E-state index in [4.69, 9.17) is 5.11 Å². The maximum atomic E-state index is 11.1. The first-order valence-electron chi connectivity index (χ1n) is 6.92. The molecule has 0 aromatic rings. The quantitative estimate of drug-likeness (QED) is 0.786. The standard InChI is InChI=1S/C14H28N2O2/c1-14(2,13(17)18)11-16(4)9-7-12-6-5-8-15(3)10-12/h12H,5-11H2,1-4H3,(H,17,18). The van der Waals surface area contributed by atoms with Crippen molar-refractivity contribution in [1.29, 1.82) is 0 Å². The van der Waals surface area contributed by atoms with Gasteiger partial charge in [-0.2, -0.15) is 0 Å². The Morgan fingerprint density at radius 3 is 2.72 bits per heavy atom. The van der Waals surface area contributed by atoms with E-state index in [0.717, 1.165) is 12.5 Å². The highest BCUT2D eigenvalue weighted by molar-refractivity contribution is 5.73. The lowest BCUT2D eigenvalue weighted by molar-refractivity contribution is -0.147. The Bertz CT molecular complexity index is 279. The molecule has 1 unspecified atom stereocenters. The lowest BCUT2D eigenvalue weighted by Gasteiger charge is -2.32. The maximum Gasteiger partial charge on any atom is 0.310 e. The molecule has 0 radical (unpaired) electrons. The first-order valence-corrected chi connectivity index (χ1v) is 6.92. The molecule has 1 aliphatic heterocycles. The molecule has 1 fully saturated rings. The third-order valence-corrected chi connectivity index (χ3v) is 3.89. The predicted molar refractivity (Wildman–Crippen MR) is 73.8 cm³/mol. The van der Waals surface area contributed by atoms with Crippen molar-refractivity contribution < 1.29 is 9.90 Å². The van der Waals surface area contributed by atoms with Crippen LogP contribution in [0.2, 0.25) is 0 Å². The molecule has 0 aromatic carbocycles. The summed E-state index contributed by atoms with van der Waals surface area (Å²) >= 11 is 0. The van der Waals surface area contributed by atoms with E-state index in [2.05, 4.69) is 16.8 Å². The number of hydrogen-bond acceptors (Lipinski definition) is 3. The van der Waals surface area contributed by atoms with E-state index in [1.807, 2.05) is 7.05 Å². The van der Waals surface area contributed by atoms with Gasteiger partial charge in [-0.1, -0.05) is 0 Å². The van der Waals surface area contributed by atoms with Crippen molar-refractivity contribution in [3.05, 3.63) is 0 Å². The van der Waals surface area contributed by atoms with Crippen molar-refractivity contribution in [2.24, 2.45) is 11.3 Å². The van der Waals surface area contributed by atoms with Gasteiger partial charge in [-0.15, -0.1) is 0 Å². The number of piperidine rings is 1. The Balaban J connectivity index is 2.28. The molecule has 0 aromatic heterocycles. The van der Waals surface area contributed by atoms with E-state index in [0.29, 0.717) is 6.54 Å². The van der Waals surface area contributed by atoms with Crippen LogP contribution in [0.25, 0.3) is 0 Å². The van der Waals surface area contributed by atoms with Gasteiger partial charge in [0.1, 0.15) is 0 Å². The third-order valence-electron chi connectivity index (χ3n) is 3.89. The summed E-state index contributed by atoms with van der Waals surface area (Å²) in [6.07, 6.45) is 3.79. The van der Waals surface area contributed by atoms with E-state index in [1.54, 1.807) is 13.8 Å². The zero-order valence-electron chi connectivity index (χ0n) is 12.3. The highest BCUT2D eigenvalue weighted by Gasteiger charge is 2.28. The normalized spacial score (nSPS) is 22.4. The van der Waals surface area contributed by atoms with Gasteiger partial charge in [-0.05, 0) is 66.2 Å². The molecule has 0 saturated carbocycles. The van der Waals surface area contributed by atoms with Gasteiger partial charge in [0.05, 0.1) is 5.41 Å². The number of aliphatic carboxylic acids is 1. The van der Waals surface area contributed by atoms with Crippen molar-refractivity contribution in [3.8, 4) is 0 Å². The van der Waals surface area contributed by atoms with Gasteiger partial charge in [0.15, 0.2) is 0 Å². The Morgan fingerprint density at radius 2 is 2.17 bits per heavy atom. The minimum atomic E-state index is -0.716. The fraction of sp³-hybridized carbons (Fsp3) is 0.929. The van der Waals surface area contributed by atoms with Crippen LogP contribution in [-0.2, 0) is 4.79 Å². The molecule has 18 heavy (non-hydrogen) atoms. The molecule has 1 saturated heterocycles. The second-order valence-electron chi connectivity index (χ2n) is 6.49. The van der Waals surface area contributed by atoms with E-state index in [-0.39, 0.29) is 0 Å². The maximum absolute atomic E-state index is 11.1. The molecule has 0 amide bonds. The van der Waals surface area contributed by atoms with Crippen LogP contribution in [0.15, 0.2) is 0 Å². The van der Waals surface area contributed by atoms with Crippen molar-refractivity contribution in [1.82, 2.24) is 9.80 Å². The minimum absolute atomic E-state index is 0.616. The Morgan fingerprint density at radius 1 is 1.50 bits per heavy atom. The van der Waals surface area contributed by atoms with Crippen molar-refractivity contribution >= 4 is 5.97 Å². The lowest BCUT2D eigenvalue weighted by Crippen LogP contribution is -2.39. The first-order chi connectivity index (χ1) is 8.31. The number of nitrogens with zero attached hydrogens (tertiary/aromatic N) is 2. The van der Waals surface area contributed by atoms with Crippen LogP contribution in [0.5, 0.6) is 0 Å². The van der Waals surface area contributed by atoms with E-state index < -0.39 is 11.4 Å². The smallest absolute Gasteiger partial charge is 0.310 e. The Labute approximate surface area is 111 Å². The second-order valence-corrected chi connectivity index (χ2v) is 6.49. The molecule has 0 spiro atoms. The highest BCUT2D eigenvalue weighted by atomic mass is 16.4. The molecule has 1 N–H and O–H groups in total. The summed E-state index contributed by atoms with van der Waals surface area (Å²) in [6, 6.07) is 0. The number of carbonyl (C=O) groups is 1. The molecule has 0 aliphatic carbocycles. The van der Waals surface area contributed by atoms with Crippen LogP contribution < -0.4 is 0 Å². The van der Waals surface area contributed by atoms with Crippen molar-refractivity contribution in [3.63, 3.8) is 0 Å². The molecule has 1 aliphatic rings. The summed E-state index contributed by atoms with van der Waals surface area (Å²) in [4.78, 5) is 15.6. The molecular weight excluding hydrogens is 228 g/mol. The first kappa shape index (κ1) is 15.4. The molecule has 0 bridgehead atoms. The second kappa shape index (κ2) is 6.53. The van der Waals surface area contributed by atoms with Crippen LogP contribution in [0.3, 0.4) is 0 Å². The molecule has 4 heteroatoms. The lowest BCUT2D eigenvalue weighted by atomic mass is 9.92. The van der Waals surface area contributed by atoms with Crippen LogP contribution in [0.4, 0.5) is 0 Å². The summed E-state index contributed by atoms with van der Waals surface area (Å²) in [5.41, 5.74) is -0.655. The molecule has 1 heterocycles. The topological polar surface area (TPSA) is 43.8 Å². The van der Waals surface area contributed by atoms with Crippen molar-refractivity contribution in [2.75, 3.05) is 40.3 Å². The summed E-state index contributed by atoms with van der Waals surface area (Å²) < 4.78 is 0. The van der Waals surface area contributed by atoms with Crippen LogP contribution in [-0.4, -0.2) is 61.2 Å². The largest absolute Gasteiger partial charge is 0.481 e. The summed E-state index contributed by atoms with van der Waals surface area (Å²) in [6.45, 7) is 7.61. The molecule has 1 atom stereocenters. The Hall–Kier alpha value is -0.610. The number of carboxylic acid groups (broad SMARTS) is 1. The van der Waals surface area contributed by atoms with Gasteiger partial charge in [0.2, 0.25) is 0 Å². The van der Waals surface area contributed by atoms with E-state index in [1.165, 1.54) is 32.4 Å². The van der Waals surface area contributed by atoms with Gasteiger partial charge < -0.3 is 14.9 Å². The van der Waals surface area contributed by atoms with Gasteiger partial charge >= 0.3 is 5.97 Å². The average molecular weight is 256 g/mol. The monoisotopic (exact) mass is 256 g/mol. The molecule has 1 rings (SSSR count). The number of carboxylic acids is 1. The van der Waals surface area contributed by atoms with Gasteiger partial charge in [0.25, 0.3) is 0 Å².